The second-order valence-corrected chi connectivity index (χ2v) is 11.1. The highest BCUT2D eigenvalue weighted by molar-refractivity contribution is 6.06. The van der Waals surface area contributed by atoms with Gasteiger partial charge in [0.1, 0.15) is 17.0 Å². The van der Waals surface area contributed by atoms with E-state index >= 15 is 0 Å². The molecule has 3 aromatic heterocycles. The number of esters is 1. The summed E-state index contributed by atoms with van der Waals surface area (Å²) in [5.74, 6) is -0.419. The SMILES string of the molecule is CC(C)(C)OC(=O)C1CNc2nc3ccc(NC(=O)c4cc5nc(C(F)(F)F)ccc5n4Cc4ccccc4)cc3n21. The van der Waals surface area contributed by atoms with E-state index < -0.39 is 35.4 Å². The first kappa shape index (κ1) is 27.3. The van der Waals surface area contributed by atoms with Crippen molar-refractivity contribution < 1.29 is 27.5 Å². The summed E-state index contributed by atoms with van der Waals surface area (Å²) in [5, 5.41) is 5.98. The van der Waals surface area contributed by atoms with E-state index in [1.54, 1.807) is 48.1 Å². The van der Waals surface area contributed by atoms with Crippen LogP contribution in [0.3, 0.4) is 0 Å². The first-order valence-corrected chi connectivity index (χ1v) is 13.3. The molecule has 1 amide bonds. The molecular weight excluding hydrogens is 549 g/mol. The van der Waals surface area contributed by atoms with E-state index in [0.29, 0.717) is 34.7 Å². The zero-order valence-corrected chi connectivity index (χ0v) is 23.0. The van der Waals surface area contributed by atoms with Crippen molar-refractivity contribution in [1.82, 2.24) is 19.1 Å². The fraction of sp³-hybridized carbons (Fsp3) is 0.267. The Bertz CT molecular complexity index is 1840. The molecular formula is C30H27F3N6O3. The molecule has 0 aliphatic carbocycles. The number of nitrogens with one attached hydrogen (secondary N) is 2. The molecule has 9 nitrogen and oxygen atoms in total. The number of imidazole rings is 1. The minimum Gasteiger partial charge on any atom is -0.458 e. The number of anilines is 2. The van der Waals surface area contributed by atoms with Crippen LogP contribution in [-0.2, 0) is 22.3 Å². The number of alkyl halides is 3. The smallest absolute Gasteiger partial charge is 0.433 e. The normalized spacial score (nSPS) is 15.0. The number of ether oxygens (including phenoxy) is 1. The summed E-state index contributed by atoms with van der Waals surface area (Å²) in [6.07, 6.45) is -4.62. The Balaban J connectivity index is 1.36. The summed E-state index contributed by atoms with van der Waals surface area (Å²) in [7, 11) is 0. The molecule has 1 aliphatic heterocycles. The van der Waals surface area contributed by atoms with Crippen LogP contribution in [0.25, 0.3) is 22.1 Å². The molecule has 5 aromatic rings. The summed E-state index contributed by atoms with van der Waals surface area (Å²) in [4.78, 5) is 34.9. The van der Waals surface area contributed by atoms with Crippen molar-refractivity contribution in [3.05, 3.63) is 83.7 Å². The van der Waals surface area contributed by atoms with E-state index in [4.69, 9.17) is 4.74 Å². The number of benzene rings is 2. The number of carbonyl (C=O) groups is 2. The number of aromatic nitrogens is 4. The number of amides is 1. The third kappa shape index (κ3) is 5.15. The van der Waals surface area contributed by atoms with Gasteiger partial charge in [0.2, 0.25) is 5.95 Å². The molecule has 0 spiro atoms. The number of halogens is 3. The lowest BCUT2D eigenvalue weighted by molar-refractivity contribution is -0.158. The molecule has 12 heteroatoms. The Morgan fingerprint density at radius 1 is 0.976 bits per heavy atom. The molecule has 6 rings (SSSR count). The fourth-order valence-electron chi connectivity index (χ4n) is 5.07. The molecule has 216 valence electrons. The molecule has 0 fully saturated rings. The van der Waals surface area contributed by atoms with E-state index in [-0.39, 0.29) is 17.8 Å². The Morgan fingerprint density at radius 3 is 2.45 bits per heavy atom. The van der Waals surface area contributed by atoms with Crippen molar-refractivity contribution in [3.63, 3.8) is 0 Å². The highest BCUT2D eigenvalue weighted by atomic mass is 19.4. The topological polar surface area (TPSA) is 103 Å². The predicted molar refractivity (Wildman–Crippen MR) is 151 cm³/mol. The number of hydrogen-bond donors (Lipinski definition) is 2. The zero-order valence-electron chi connectivity index (χ0n) is 23.0. The fourth-order valence-corrected chi connectivity index (χ4v) is 5.07. The molecule has 4 heterocycles. The van der Waals surface area contributed by atoms with Crippen molar-refractivity contribution in [2.75, 3.05) is 17.2 Å². The minimum absolute atomic E-state index is 0.0567. The summed E-state index contributed by atoms with van der Waals surface area (Å²) in [5.41, 5.74) is 1.42. The molecule has 1 unspecified atom stereocenters. The van der Waals surface area contributed by atoms with Crippen molar-refractivity contribution >= 4 is 45.6 Å². The Hall–Kier alpha value is -4.87. The molecule has 0 saturated heterocycles. The van der Waals surface area contributed by atoms with Gasteiger partial charge in [-0.1, -0.05) is 30.3 Å². The number of carbonyl (C=O) groups excluding carboxylic acids is 2. The lowest BCUT2D eigenvalue weighted by atomic mass is 10.2. The molecule has 42 heavy (non-hydrogen) atoms. The van der Waals surface area contributed by atoms with Crippen LogP contribution >= 0.6 is 0 Å². The average molecular weight is 577 g/mol. The maximum Gasteiger partial charge on any atom is 0.433 e. The van der Waals surface area contributed by atoms with Crippen LogP contribution in [0, 0.1) is 0 Å². The maximum absolute atomic E-state index is 13.6. The molecule has 1 aliphatic rings. The third-order valence-electron chi connectivity index (χ3n) is 6.86. The summed E-state index contributed by atoms with van der Waals surface area (Å²) >= 11 is 0. The maximum atomic E-state index is 13.6. The van der Waals surface area contributed by atoms with Gasteiger partial charge < -0.3 is 19.9 Å². The van der Waals surface area contributed by atoms with Gasteiger partial charge in [0.25, 0.3) is 5.91 Å². The highest BCUT2D eigenvalue weighted by Gasteiger charge is 2.35. The minimum atomic E-state index is -4.62. The van der Waals surface area contributed by atoms with E-state index in [1.807, 2.05) is 30.3 Å². The lowest BCUT2D eigenvalue weighted by Gasteiger charge is -2.22. The standard InChI is InChI=1S/C30H27F3N6O3/c1-29(2,3)42-27(41)24-15-34-28-37-19-10-9-18(13-22(19)39(24)28)35-26(40)23-14-20-21(11-12-25(36-20)30(31,32)33)38(23)16-17-7-5-4-6-8-17/h4-14,24H,15-16H2,1-3H3,(H,34,37)(H,35,40). The van der Waals surface area contributed by atoms with E-state index in [0.717, 1.165) is 11.6 Å². The predicted octanol–water partition coefficient (Wildman–Crippen LogP) is 6.01. The van der Waals surface area contributed by atoms with Gasteiger partial charge in [-0.2, -0.15) is 13.2 Å². The van der Waals surface area contributed by atoms with Gasteiger partial charge in [0.15, 0.2) is 6.04 Å². The lowest BCUT2D eigenvalue weighted by Crippen LogP contribution is -2.30. The van der Waals surface area contributed by atoms with Gasteiger partial charge in [-0.15, -0.1) is 0 Å². The Labute approximate surface area is 238 Å². The molecule has 0 radical (unpaired) electrons. The Kier molecular flexibility index (Phi) is 6.43. The van der Waals surface area contributed by atoms with Crippen LogP contribution in [0.5, 0.6) is 0 Å². The van der Waals surface area contributed by atoms with E-state index in [1.165, 1.54) is 12.1 Å². The van der Waals surface area contributed by atoms with Gasteiger partial charge >= 0.3 is 12.1 Å². The molecule has 1 atom stereocenters. The average Bonchev–Trinajstić information content (AvgIpc) is 3.60. The molecule has 2 aromatic carbocycles. The molecule has 0 saturated carbocycles. The Morgan fingerprint density at radius 2 is 1.74 bits per heavy atom. The van der Waals surface area contributed by atoms with Crippen molar-refractivity contribution in [2.45, 2.75) is 45.1 Å². The largest absolute Gasteiger partial charge is 0.458 e. The van der Waals surface area contributed by atoms with Gasteiger partial charge in [-0.25, -0.2) is 14.8 Å². The highest BCUT2D eigenvalue weighted by Crippen LogP contribution is 2.33. The zero-order chi connectivity index (χ0) is 29.8. The molecule has 2 N–H and O–H groups in total. The van der Waals surface area contributed by atoms with Gasteiger partial charge in [0, 0.05) is 18.8 Å². The van der Waals surface area contributed by atoms with E-state index in [2.05, 4.69) is 20.6 Å². The monoisotopic (exact) mass is 576 g/mol. The van der Waals surface area contributed by atoms with Crippen molar-refractivity contribution in [3.8, 4) is 0 Å². The van der Waals surface area contributed by atoms with Crippen LogP contribution < -0.4 is 10.6 Å². The van der Waals surface area contributed by atoms with Gasteiger partial charge in [-0.3, -0.25) is 9.36 Å². The van der Waals surface area contributed by atoms with Crippen LogP contribution in [0.15, 0.2) is 66.7 Å². The summed E-state index contributed by atoms with van der Waals surface area (Å²) in [6, 6.07) is 17.4. The summed E-state index contributed by atoms with van der Waals surface area (Å²) < 4.78 is 49.1. The first-order chi connectivity index (χ1) is 19.9. The van der Waals surface area contributed by atoms with Gasteiger partial charge in [-0.05, 0) is 62.7 Å². The number of pyridine rings is 1. The third-order valence-corrected chi connectivity index (χ3v) is 6.86. The van der Waals surface area contributed by atoms with Crippen molar-refractivity contribution in [2.24, 2.45) is 0 Å². The van der Waals surface area contributed by atoms with Crippen LogP contribution in [0.2, 0.25) is 0 Å². The quantitative estimate of drug-likeness (QED) is 0.248. The number of fused-ring (bicyclic) bond motifs is 4. The number of nitrogens with zero attached hydrogens (tertiary/aromatic N) is 4. The van der Waals surface area contributed by atoms with Crippen LogP contribution in [0.4, 0.5) is 24.8 Å². The van der Waals surface area contributed by atoms with Gasteiger partial charge in [0.05, 0.1) is 22.1 Å². The molecule has 0 bridgehead atoms. The van der Waals surface area contributed by atoms with Crippen LogP contribution in [-0.4, -0.2) is 43.1 Å². The van der Waals surface area contributed by atoms with E-state index in [9.17, 15) is 22.8 Å². The number of hydrogen-bond acceptors (Lipinski definition) is 6. The second kappa shape index (κ2) is 9.89. The number of rotatable bonds is 5. The first-order valence-electron chi connectivity index (χ1n) is 13.3. The second-order valence-electron chi connectivity index (χ2n) is 11.1. The van der Waals surface area contributed by atoms with Crippen LogP contribution in [0.1, 0.15) is 48.6 Å². The van der Waals surface area contributed by atoms with Crippen molar-refractivity contribution in [1.29, 1.82) is 0 Å². The summed E-state index contributed by atoms with van der Waals surface area (Å²) in [6.45, 7) is 5.95.